The molecule has 17 heavy (non-hydrogen) atoms. The van der Waals surface area contributed by atoms with Crippen molar-refractivity contribution in [3.63, 3.8) is 0 Å². The number of rotatable bonds is 2. The van der Waals surface area contributed by atoms with E-state index in [0.717, 1.165) is 21.0 Å². The standard InChI is InChI=1S/C10H12BN3O2S/c1-5-8(11)17-9(13-5)6-4-12-14(2)7(6)10(15)16-3/h4H,11H2,1-3H3. The number of esters is 1. The van der Waals surface area contributed by atoms with E-state index in [1.165, 1.54) is 11.8 Å². The highest BCUT2D eigenvalue weighted by molar-refractivity contribution is 7.22. The molecule has 0 bridgehead atoms. The van der Waals surface area contributed by atoms with E-state index >= 15 is 0 Å². The quantitative estimate of drug-likeness (QED) is 0.550. The molecule has 2 aromatic rings. The Morgan fingerprint density at radius 3 is 2.82 bits per heavy atom. The van der Waals surface area contributed by atoms with Crippen LogP contribution < -0.4 is 4.78 Å². The van der Waals surface area contributed by atoms with Crippen molar-refractivity contribution in [2.24, 2.45) is 7.05 Å². The second-order valence-electron chi connectivity index (χ2n) is 3.68. The Morgan fingerprint density at radius 1 is 1.59 bits per heavy atom. The van der Waals surface area contributed by atoms with Crippen LogP contribution in [-0.4, -0.2) is 35.7 Å². The Kier molecular flexibility index (Phi) is 3.02. The third-order valence-electron chi connectivity index (χ3n) is 2.58. The van der Waals surface area contributed by atoms with Crippen LogP contribution in [0, 0.1) is 6.92 Å². The predicted octanol–water partition coefficient (Wildman–Crippen LogP) is -0.103. The molecule has 0 saturated carbocycles. The average molecular weight is 249 g/mol. The Hall–Kier alpha value is -1.63. The van der Waals surface area contributed by atoms with Crippen molar-refractivity contribution in [2.45, 2.75) is 6.92 Å². The van der Waals surface area contributed by atoms with Gasteiger partial charge in [0.25, 0.3) is 0 Å². The first-order chi connectivity index (χ1) is 8.04. The highest BCUT2D eigenvalue weighted by atomic mass is 32.1. The van der Waals surface area contributed by atoms with Gasteiger partial charge in [0, 0.05) is 12.7 Å². The molecule has 0 aliphatic heterocycles. The van der Waals surface area contributed by atoms with Gasteiger partial charge in [-0.3, -0.25) is 4.68 Å². The highest BCUT2D eigenvalue weighted by Gasteiger charge is 2.21. The first-order valence-electron chi connectivity index (χ1n) is 5.09. The maximum atomic E-state index is 11.7. The normalized spacial score (nSPS) is 10.5. The molecule has 0 atom stereocenters. The van der Waals surface area contributed by atoms with E-state index in [0.29, 0.717) is 5.69 Å². The molecule has 0 aliphatic carbocycles. The number of nitrogens with zero attached hydrogens (tertiary/aromatic N) is 3. The summed E-state index contributed by atoms with van der Waals surface area (Å²) in [6, 6.07) is 0. The van der Waals surface area contributed by atoms with Crippen LogP contribution in [0.25, 0.3) is 10.6 Å². The maximum Gasteiger partial charge on any atom is 0.357 e. The molecular weight excluding hydrogens is 237 g/mol. The zero-order valence-electron chi connectivity index (χ0n) is 10.1. The minimum atomic E-state index is -0.398. The average Bonchev–Trinajstić information content (AvgIpc) is 2.82. The zero-order chi connectivity index (χ0) is 12.6. The van der Waals surface area contributed by atoms with Gasteiger partial charge < -0.3 is 4.74 Å². The number of ether oxygens (including phenoxy) is 1. The largest absolute Gasteiger partial charge is 0.464 e. The lowest BCUT2D eigenvalue weighted by Gasteiger charge is -2.01. The first-order valence-corrected chi connectivity index (χ1v) is 5.91. The molecule has 2 rings (SSSR count). The van der Waals surface area contributed by atoms with Gasteiger partial charge in [-0.1, -0.05) is 0 Å². The summed E-state index contributed by atoms with van der Waals surface area (Å²) in [4.78, 5) is 16.1. The Balaban J connectivity index is 2.56. The lowest BCUT2D eigenvalue weighted by Crippen LogP contribution is -2.09. The second-order valence-corrected chi connectivity index (χ2v) is 4.89. The zero-order valence-corrected chi connectivity index (χ0v) is 11.0. The third kappa shape index (κ3) is 1.98. The fourth-order valence-electron chi connectivity index (χ4n) is 1.52. The minimum Gasteiger partial charge on any atom is -0.464 e. The van der Waals surface area contributed by atoms with E-state index in [1.807, 2.05) is 14.8 Å². The number of aryl methyl sites for hydroxylation is 2. The molecule has 7 heteroatoms. The van der Waals surface area contributed by atoms with Gasteiger partial charge in [0.1, 0.15) is 5.01 Å². The summed E-state index contributed by atoms with van der Waals surface area (Å²) < 4.78 is 7.40. The SMILES string of the molecule is Bc1sc(-c2cnn(C)c2C(=O)OC)nc1C. The van der Waals surface area contributed by atoms with E-state index in [1.54, 1.807) is 24.6 Å². The van der Waals surface area contributed by atoms with Crippen molar-refractivity contribution in [3.05, 3.63) is 17.6 Å². The lowest BCUT2D eigenvalue weighted by molar-refractivity contribution is 0.0589. The Labute approximate surface area is 104 Å². The molecule has 0 spiro atoms. The van der Waals surface area contributed by atoms with Crippen LogP contribution in [0.2, 0.25) is 0 Å². The van der Waals surface area contributed by atoms with Crippen LogP contribution in [0.15, 0.2) is 6.20 Å². The summed E-state index contributed by atoms with van der Waals surface area (Å²) in [5, 5.41) is 4.88. The van der Waals surface area contributed by atoms with Crippen LogP contribution in [0.4, 0.5) is 0 Å². The van der Waals surface area contributed by atoms with Gasteiger partial charge in [-0.05, 0) is 11.7 Å². The summed E-state index contributed by atoms with van der Waals surface area (Å²) in [6.45, 7) is 1.95. The minimum absolute atomic E-state index is 0.398. The molecule has 0 unspecified atom stereocenters. The molecule has 0 aromatic carbocycles. The second kappa shape index (κ2) is 4.33. The lowest BCUT2D eigenvalue weighted by atomic mass is 10.1. The van der Waals surface area contributed by atoms with Gasteiger partial charge in [-0.2, -0.15) is 5.10 Å². The number of carbonyl (C=O) groups is 1. The van der Waals surface area contributed by atoms with Gasteiger partial charge >= 0.3 is 5.97 Å². The van der Waals surface area contributed by atoms with Crippen molar-refractivity contribution >= 4 is 29.9 Å². The van der Waals surface area contributed by atoms with Crippen LogP contribution in [0.3, 0.4) is 0 Å². The van der Waals surface area contributed by atoms with Crippen LogP contribution in [0.5, 0.6) is 0 Å². The molecule has 0 aliphatic rings. The van der Waals surface area contributed by atoms with E-state index in [4.69, 9.17) is 4.74 Å². The molecule has 5 nitrogen and oxygen atoms in total. The number of methoxy groups -OCH3 is 1. The van der Waals surface area contributed by atoms with Crippen molar-refractivity contribution in [1.29, 1.82) is 0 Å². The molecule has 88 valence electrons. The van der Waals surface area contributed by atoms with Gasteiger partial charge in [-0.15, -0.1) is 11.3 Å². The Morgan fingerprint density at radius 2 is 2.29 bits per heavy atom. The molecule has 0 amide bonds. The fraction of sp³-hybridized carbons (Fsp3) is 0.300. The summed E-state index contributed by atoms with van der Waals surface area (Å²) in [7, 11) is 5.07. The molecule has 0 radical (unpaired) electrons. The smallest absolute Gasteiger partial charge is 0.357 e. The van der Waals surface area contributed by atoms with Crippen LogP contribution in [-0.2, 0) is 11.8 Å². The van der Waals surface area contributed by atoms with E-state index in [-0.39, 0.29) is 0 Å². The van der Waals surface area contributed by atoms with E-state index < -0.39 is 5.97 Å². The van der Waals surface area contributed by atoms with E-state index in [2.05, 4.69) is 10.1 Å². The third-order valence-corrected chi connectivity index (χ3v) is 3.68. The monoisotopic (exact) mass is 249 g/mol. The summed E-state index contributed by atoms with van der Waals surface area (Å²) in [6.07, 6.45) is 1.64. The van der Waals surface area contributed by atoms with Gasteiger partial charge in [0.05, 0.1) is 18.9 Å². The van der Waals surface area contributed by atoms with Gasteiger partial charge in [0.2, 0.25) is 0 Å². The molecule has 2 aromatic heterocycles. The van der Waals surface area contributed by atoms with E-state index in [9.17, 15) is 4.79 Å². The number of carbonyl (C=O) groups excluding carboxylic acids is 1. The summed E-state index contributed by atoms with van der Waals surface area (Å²) in [5.74, 6) is -0.398. The van der Waals surface area contributed by atoms with Crippen LogP contribution >= 0.6 is 11.3 Å². The number of aromatic nitrogens is 3. The number of hydrogen-bond donors (Lipinski definition) is 0. The van der Waals surface area contributed by atoms with Gasteiger partial charge in [0.15, 0.2) is 13.5 Å². The van der Waals surface area contributed by atoms with Crippen molar-refractivity contribution in [2.75, 3.05) is 7.11 Å². The predicted molar refractivity (Wildman–Crippen MR) is 68.6 cm³/mol. The maximum absolute atomic E-state index is 11.7. The van der Waals surface area contributed by atoms with Crippen molar-refractivity contribution in [3.8, 4) is 10.6 Å². The molecular formula is C10H12BN3O2S. The number of thiazole rings is 1. The molecule has 0 fully saturated rings. The number of hydrogen-bond acceptors (Lipinski definition) is 5. The van der Waals surface area contributed by atoms with Crippen LogP contribution in [0.1, 0.15) is 16.2 Å². The fourth-order valence-corrected chi connectivity index (χ4v) is 2.45. The topological polar surface area (TPSA) is 57.0 Å². The molecule has 0 saturated heterocycles. The highest BCUT2D eigenvalue weighted by Crippen LogP contribution is 2.25. The summed E-state index contributed by atoms with van der Waals surface area (Å²) in [5.41, 5.74) is 2.13. The van der Waals surface area contributed by atoms with Gasteiger partial charge in [-0.25, -0.2) is 9.78 Å². The molecule has 0 N–H and O–H groups in total. The van der Waals surface area contributed by atoms with Crippen molar-refractivity contribution in [1.82, 2.24) is 14.8 Å². The summed E-state index contributed by atoms with van der Waals surface area (Å²) >= 11 is 1.55. The molecule has 2 heterocycles. The first kappa shape index (κ1) is 11.8. The van der Waals surface area contributed by atoms with Crippen molar-refractivity contribution < 1.29 is 9.53 Å². The Bertz CT molecular complexity index is 557.